The number of carbonyl (C=O) groups excluding carboxylic acids is 1. The number of carboxylic acids is 1. The van der Waals surface area contributed by atoms with Gasteiger partial charge in [-0.1, -0.05) is 26.0 Å². The zero-order chi connectivity index (χ0) is 19.3. The molecule has 8 nitrogen and oxygen atoms in total. The Morgan fingerprint density at radius 2 is 1.88 bits per heavy atom. The van der Waals surface area contributed by atoms with Gasteiger partial charge < -0.3 is 10.0 Å². The molecule has 26 heavy (non-hydrogen) atoms. The van der Waals surface area contributed by atoms with Gasteiger partial charge in [0, 0.05) is 26.1 Å². The Balaban J connectivity index is 2.19. The van der Waals surface area contributed by atoms with Crippen molar-refractivity contribution in [2.75, 3.05) is 13.1 Å². The van der Waals surface area contributed by atoms with Crippen LogP contribution >= 0.6 is 0 Å². The van der Waals surface area contributed by atoms with Crippen molar-refractivity contribution in [3.63, 3.8) is 0 Å². The molecule has 1 aromatic heterocycles. The molecule has 2 aromatic rings. The molecular weight excluding hydrogens is 338 g/mol. The van der Waals surface area contributed by atoms with Crippen molar-refractivity contribution >= 4 is 22.8 Å². The number of nitrogens with one attached hydrogen (secondary N) is 1. The molecule has 0 saturated carbocycles. The Morgan fingerprint density at radius 1 is 1.19 bits per heavy atom. The minimum atomic E-state index is -0.964. The summed E-state index contributed by atoms with van der Waals surface area (Å²) in [6, 6.07) is 6.70. The van der Waals surface area contributed by atoms with Gasteiger partial charge in [-0.2, -0.15) is 0 Å². The molecule has 0 saturated heterocycles. The van der Waals surface area contributed by atoms with Crippen molar-refractivity contribution in [3.05, 3.63) is 45.1 Å². The third kappa shape index (κ3) is 4.81. The molecule has 0 fully saturated rings. The number of aryl methyl sites for hydroxylation is 1. The smallest absolute Gasteiger partial charge is 0.328 e. The minimum absolute atomic E-state index is 0.0439. The van der Waals surface area contributed by atoms with Crippen molar-refractivity contribution in [3.8, 4) is 0 Å². The summed E-state index contributed by atoms with van der Waals surface area (Å²) in [5.41, 5.74) is -0.562. The number of aromatic amines is 1. The van der Waals surface area contributed by atoms with Crippen molar-refractivity contribution in [1.29, 1.82) is 0 Å². The molecule has 0 aliphatic heterocycles. The molecule has 0 aliphatic carbocycles. The number of carbonyl (C=O) groups is 2. The second-order valence-corrected chi connectivity index (χ2v) is 6.56. The highest BCUT2D eigenvalue weighted by atomic mass is 16.4. The highest BCUT2D eigenvalue weighted by Gasteiger charge is 2.17. The lowest BCUT2D eigenvalue weighted by Crippen LogP contribution is -2.37. The molecule has 0 bridgehead atoms. The quantitative estimate of drug-likeness (QED) is 0.729. The van der Waals surface area contributed by atoms with Gasteiger partial charge in [0.05, 0.1) is 17.3 Å². The van der Waals surface area contributed by atoms with E-state index < -0.39 is 17.2 Å². The fourth-order valence-electron chi connectivity index (χ4n) is 2.82. The second kappa shape index (κ2) is 8.46. The number of hydrogen-bond acceptors (Lipinski definition) is 4. The molecule has 0 atom stereocenters. The van der Waals surface area contributed by atoms with E-state index in [1.807, 2.05) is 13.8 Å². The van der Waals surface area contributed by atoms with Gasteiger partial charge in [0.1, 0.15) is 0 Å². The Labute approximate surface area is 150 Å². The summed E-state index contributed by atoms with van der Waals surface area (Å²) >= 11 is 0. The summed E-state index contributed by atoms with van der Waals surface area (Å²) in [6.45, 7) is 4.58. The number of aliphatic carboxylic acids is 1. The Kier molecular flexibility index (Phi) is 6.32. The number of carboxylic acid groups (broad SMARTS) is 1. The zero-order valence-corrected chi connectivity index (χ0v) is 14.9. The van der Waals surface area contributed by atoms with Gasteiger partial charge in [0.25, 0.3) is 5.56 Å². The topological polar surface area (TPSA) is 112 Å². The van der Waals surface area contributed by atoms with E-state index in [0.717, 1.165) is 0 Å². The maximum atomic E-state index is 12.5. The number of hydrogen-bond donors (Lipinski definition) is 2. The number of H-pyrrole nitrogens is 1. The molecule has 1 heterocycles. The third-order valence-electron chi connectivity index (χ3n) is 3.99. The summed E-state index contributed by atoms with van der Waals surface area (Å²) in [6.07, 6.45) is -0.0811. The molecule has 0 spiro atoms. The van der Waals surface area contributed by atoms with Gasteiger partial charge >= 0.3 is 11.7 Å². The predicted molar refractivity (Wildman–Crippen MR) is 97.1 cm³/mol. The maximum absolute atomic E-state index is 12.5. The maximum Gasteiger partial charge on any atom is 0.328 e. The van der Waals surface area contributed by atoms with Crippen LogP contribution in [-0.4, -0.2) is 44.5 Å². The van der Waals surface area contributed by atoms with Gasteiger partial charge in [-0.15, -0.1) is 0 Å². The summed E-state index contributed by atoms with van der Waals surface area (Å²) in [5.74, 6) is -0.985. The van der Waals surface area contributed by atoms with Crippen molar-refractivity contribution in [1.82, 2.24) is 14.5 Å². The molecule has 2 N–H and O–H groups in total. The van der Waals surface area contributed by atoms with E-state index in [-0.39, 0.29) is 37.8 Å². The summed E-state index contributed by atoms with van der Waals surface area (Å²) in [7, 11) is 0. The monoisotopic (exact) mass is 361 g/mol. The lowest BCUT2D eigenvalue weighted by atomic mass is 10.2. The summed E-state index contributed by atoms with van der Waals surface area (Å²) < 4.78 is 1.36. The van der Waals surface area contributed by atoms with E-state index in [4.69, 9.17) is 5.11 Å². The zero-order valence-electron chi connectivity index (χ0n) is 14.9. The minimum Gasteiger partial charge on any atom is -0.481 e. The lowest BCUT2D eigenvalue weighted by molar-refractivity contribution is -0.138. The predicted octanol–water partition coefficient (Wildman–Crippen LogP) is 1.04. The van der Waals surface area contributed by atoms with E-state index in [1.165, 1.54) is 9.47 Å². The van der Waals surface area contributed by atoms with Crippen molar-refractivity contribution in [2.45, 2.75) is 33.2 Å². The van der Waals surface area contributed by atoms with Crippen LogP contribution in [0.4, 0.5) is 0 Å². The van der Waals surface area contributed by atoms with Gasteiger partial charge in [-0.3, -0.25) is 23.9 Å². The summed E-state index contributed by atoms with van der Waals surface area (Å²) in [5, 5.41) is 9.23. The van der Waals surface area contributed by atoms with Crippen LogP contribution in [0.25, 0.3) is 10.9 Å². The number of rotatable bonds is 8. The first kappa shape index (κ1) is 19.4. The van der Waals surface area contributed by atoms with Crippen LogP contribution in [0.5, 0.6) is 0 Å². The van der Waals surface area contributed by atoms with Gasteiger partial charge in [-0.25, -0.2) is 4.79 Å². The second-order valence-electron chi connectivity index (χ2n) is 6.56. The molecule has 0 aliphatic rings. The fourth-order valence-corrected chi connectivity index (χ4v) is 2.82. The van der Waals surface area contributed by atoms with Crippen LogP contribution in [0.1, 0.15) is 26.7 Å². The first-order valence-corrected chi connectivity index (χ1v) is 8.51. The number of nitrogens with zero attached hydrogens (tertiary/aromatic N) is 2. The Morgan fingerprint density at radius 3 is 2.54 bits per heavy atom. The standard InChI is InChI=1S/C18H23N3O5/c1-12(2)11-20(9-8-16(23)24)15(22)7-10-21-14-6-4-3-5-13(14)17(25)19-18(21)26/h3-6,12H,7-11H2,1-2H3,(H,23,24)(H,19,25,26). The van der Waals surface area contributed by atoms with Crippen LogP contribution in [0.2, 0.25) is 0 Å². The molecule has 0 unspecified atom stereocenters. The van der Waals surface area contributed by atoms with Crippen LogP contribution < -0.4 is 11.2 Å². The number of benzene rings is 1. The molecule has 8 heteroatoms. The molecule has 140 valence electrons. The number of amides is 1. The van der Waals surface area contributed by atoms with Gasteiger partial charge in [0.15, 0.2) is 0 Å². The third-order valence-corrected chi connectivity index (χ3v) is 3.99. The number of para-hydroxylation sites is 1. The first-order valence-electron chi connectivity index (χ1n) is 8.51. The van der Waals surface area contributed by atoms with Crippen molar-refractivity contribution in [2.24, 2.45) is 5.92 Å². The fraction of sp³-hybridized carbons (Fsp3) is 0.444. The van der Waals surface area contributed by atoms with Crippen molar-refractivity contribution < 1.29 is 14.7 Å². The lowest BCUT2D eigenvalue weighted by Gasteiger charge is -2.24. The molecule has 1 aromatic carbocycles. The molecule has 2 rings (SSSR count). The van der Waals surface area contributed by atoms with Crippen LogP contribution in [0, 0.1) is 5.92 Å². The summed E-state index contributed by atoms with van der Waals surface area (Å²) in [4.78, 5) is 51.1. The average Bonchev–Trinajstić information content (AvgIpc) is 2.57. The first-order chi connectivity index (χ1) is 12.3. The van der Waals surface area contributed by atoms with Crippen LogP contribution in [0.15, 0.2) is 33.9 Å². The largest absolute Gasteiger partial charge is 0.481 e. The average molecular weight is 361 g/mol. The van der Waals surface area contributed by atoms with Crippen LogP contribution in [0.3, 0.4) is 0 Å². The van der Waals surface area contributed by atoms with Gasteiger partial charge in [0.2, 0.25) is 5.91 Å². The Hall–Kier alpha value is -2.90. The number of aromatic nitrogens is 2. The molecular formula is C18H23N3O5. The van der Waals surface area contributed by atoms with Crippen LogP contribution in [-0.2, 0) is 16.1 Å². The highest BCUT2D eigenvalue weighted by Crippen LogP contribution is 2.09. The van der Waals surface area contributed by atoms with E-state index in [1.54, 1.807) is 24.3 Å². The van der Waals surface area contributed by atoms with E-state index >= 15 is 0 Å². The van der Waals surface area contributed by atoms with Gasteiger partial charge in [-0.05, 0) is 18.1 Å². The normalized spacial score (nSPS) is 11.0. The highest BCUT2D eigenvalue weighted by molar-refractivity contribution is 5.79. The van der Waals surface area contributed by atoms with E-state index in [2.05, 4.69) is 4.98 Å². The van der Waals surface area contributed by atoms with E-state index in [0.29, 0.717) is 17.4 Å². The Bertz CT molecular complexity index is 913. The number of fused-ring (bicyclic) bond motifs is 1. The molecule has 0 radical (unpaired) electrons. The van der Waals surface area contributed by atoms with E-state index in [9.17, 15) is 19.2 Å². The molecule has 1 amide bonds. The SMILES string of the molecule is CC(C)CN(CCC(=O)O)C(=O)CCn1c(=O)[nH]c(=O)c2ccccc21.